The van der Waals surface area contributed by atoms with Crippen LogP contribution in [0, 0.1) is 13.8 Å². The molecule has 6 nitrogen and oxygen atoms in total. The number of thioether (sulfide) groups is 1. The second-order valence-electron chi connectivity index (χ2n) is 4.50. The molecule has 0 saturated heterocycles. The third-order valence-corrected chi connectivity index (χ3v) is 3.54. The Kier molecular flexibility index (Phi) is 4.64. The van der Waals surface area contributed by atoms with Crippen molar-refractivity contribution >= 4 is 34.4 Å². The van der Waals surface area contributed by atoms with Crippen LogP contribution < -0.4 is 5.32 Å². The number of anilines is 1. The molecule has 1 N–H and O–H groups in total. The largest absolute Gasteiger partial charge is 0.325 e. The molecule has 1 heterocycles. The molecule has 1 aromatic rings. The predicted molar refractivity (Wildman–Crippen MR) is 83.4 cm³/mol. The summed E-state index contributed by atoms with van der Waals surface area (Å²) in [5.74, 6) is -0.615. The minimum absolute atomic E-state index is 0.000753. The third kappa shape index (κ3) is 4.09. The lowest BCUT2D eigenvalue weighted by Crippen LogP contribution is -2.16. The van der Waals surface area contributed by atoms with E-state index >= 15 is 0 Å². The molecular weight excluding hydrogens is 288 g/mol. The molecule has 0 fully saturated rings. The van der Waals surface area contributed by atoms with Crippen molar-refractivity contribution in [3.63, 3.8) is 0 Å². The summed E-state index contributed by atoms with van der Waals surface area (Å²) in [6.07, 6.45) is 0. The number of amides is 2. The lowest BCUT2D eigenvalue weighted by molar-refractivity contribution is -0.115. The number of aryl methyl sites for hydroxylation is 2. The fourth-order valence-corrected chi connectivity index (χ4v) is 2.15. The first kappa shape index (κ1) is 15.1. The van der Waals surface area contributed by atoms with Crippen molar-refractivity contribution in [1.29, 1.82) is 0 Å². The molecule has 1 aromatic carbocycles. The van der Waals surface area contributed by atoms with Gasteiger partial charge in [0.1, 0.15) is 5.70 Å². The van der Waals surface area contributed by atoms with Gasteiger partial charge in [-0.2, -0.15) is 4.99 Å². The Morgan fingerprint density at radius 1 is 1.33 bits per heavy atom. The molecule has 0 atom stereocenters. The highest BCUT2D eigenvalue weighted by Gasteiger charge is 2.15. The van der Waals surface area contributed by atoms with Gasteiger partial charge in [-0.1, -0.05) is 30.5 Å². The number of carbonyl (C=O) groups excluding carboxylic acids is 2. The lowest BCUT2D eigenvalue weighted by Gasteiger charge is -2.09. The van der Waals surface area contributed by atoms with Crippen LogP contribution in [0.5, 0.6) is 0 Å². The van der Waals surface area contributed by atoms with Crippen LogP contribution >= 0.6 is 11.8 Å². The number of hydrogen-bond acceptors (Lipinski definition) is 5. The van der Waals surface area contributed by atoms with Crippen LogP contribution in [0.15, 0.2) is 45.7 Å². The number of nitrogens with zero attached hydrogens (tertiary/aromatic N) is 3. The molecule has 0 unspecified atom stereocenters. The number of nitrogens with one attached hydrogen (secondary N) is 1. The standard InChI is InChI=1S/C14H14N4O2S/c1-8-4-5-9(2)11(6-8)15-12(19)7-21-14-16-13(20)10(3)17-18-14/h4-6H,3,7H2,1-2H3,(H,15,19). The van der Waals surface area contributed by atoms with Gasteiger partial charge < -0.3 is 5.32 Å². The van der Waals surface area contributed by atoms with Crippen LogP contribution in [0.25, 0.3) is 0 Å². The van der Waals surface area contributed by atoms with Crippen molar-refractivity contribution in [2.24, 2.45) is 15.2 Å². The van der Waals surface area contributed by atoms with Gasteiger partial charge in [0.2, 0.25) is 11.1 Å². The first-order valence-electron chi connectivity index (χ1n) is 6.19. The van der Waals surface area contributed by atoms with Gasteiger partial charge in [-0.05, 0) is 31.0 Å². The highest BCUT2D eigenvalue weighted by Crippen LogP contribution is 2.18. The van der Waals surface area contributed by atoms with E-state index in [0.29, 0.717) is 0 Å². The Balaban J connectivity index is 1.93. The van der Waals surface area contributed by atoms with Crippen LogP contribution in [0.4, 0.5) is 5.69 Å². The van der Waals surface area contributed by atoms with Crippen molar-refractivity contribution in [1.82, 2.24) is 0 Å². The quantitative estimate of drug-likeness (QED) is 0.871. The molecule has 0 spiro atoms. The van der Waals surface area contributed by atoms with Gasteiger partial charge in [-0.3, -0.25) is 9.59 Å². The summed E-state index contributed by atoms with van der Waals surface area (Å²) >= 11 is 1.06. The number of hydrogen-bond donors (Lipinski definition) is 1. The second-order valence-corrected chi connectivity index (χ2v) is 5.44. The molecule has 108 valence electrons. The molecule has 21 heavy (non-hydrogen) atoms. The SMILES string of the molecule is C=C1N=NC(SCC(=O)Nc2cc(C)ccc2C)=NC1=O. The van der Waals surface area contributed by atoms with Crippen molar-refractivity contribution in [3.05, 3.63) is 41.6 Å². The van der Waals surface area contributed by atoms with Gasteiger partial charge in [0, 0.05) is 5.69 Å². The Bertz CT molecular complexity index is 680. The molecule has 0 aromatic heterocycles. The summed E-state index contributed by atoms with van der Waals surface area (Å²) in [5, 5.41) is 10.3. The van der Waals surface area contributed by atoms with Crippen LogP contribution in [0.2, 0.25) is 0 Å². The fraction of sp³-hybridized carbons (Fsp3) is 0.214. The molecule has 0 saturated carbocycles. The van der Waals surface area contributed by atoms with E-state index in [1.807, 2.05) is 32.0 Å². The number of benzene rings is 1. The number of rotatable bonds is 3. The number of carbonyl (C=O) groups is 2. The van der Waals surface area contributed by atoms with Gasteiger partial charge in [0.05, 0.1) is 5.75 Å². The summed E-state index contributed by atoms with van der Waals surface area (Å²) in [6.45, 7) is 7.27. The first-order valence-corrected chi connectivity index (χ1v) is 7.18. The van der Waals surface area contributed by atoms with Gasteiger partial charge in [-0.15, -0.1) is 10.2 Å². The third-order valence-electron chi connectivity index (χ3n) is 2.70. The Morgan fingerprint density at radius 2 is 2.10 bits per heavy atom. The molecule has 0 bridgehead atoms. The highest BCUT2D eigenvalue weighted by molar-refractivity contribution is 8.14. The van der Waals surface area contributed by atoms with E-state index in [4.69, 9.17) is 0 Å². The van der Waals surface area contributed by atoms with Gasteiger partial charge in [0.15, 0.2) is 0 Å². The van der Waals surface area contributed by atoms with Crippen molar-refractivity contribution in [2.45, 2.75) is 13.8 Å². The van der Waals surface area contributed by atoms with Crippen LogP contribution in [0.1, 0.15) is 11.1 Å². The summed E-state index contributed by atoms with van der Waals surface area (Å²) in [7, 11) is 0. The summed E-state index contributed by atoms with van der Waals surface area (Å²) in [5.41, 5.74) is 2.83. The van der Waals surface area contributed by atoms with E-state index in [2.05, 4.69) is 27.1 Å². The highest BCUT2D eigenvalue weighted by atomic mass is 32.2. The maximum absolute atomic E-state index is 11.9. The Hall–Kier alpha value is -2.28. The maximum Gasteiger partial charge on any atom is 0.299 e. The smallest absolute Gasteiger partial charge is 0.299 e. The zero-order valence-corrected chi connectivity index (χ0v) is 12.5. The molecule has 0 radical (unpaired) electrons. The fourth-order valence-electron chi connectivity index (χ4n) is 1.57. The molecular formula is C14H14N4O2S. The average Bonchev–Trinajstić information content (AvgIpc) is 2.44. The minimum Gasteiger partial charge on any atom is -0.325 e. The van der Waals surface area contributed by atoms with Gasteiger partial charge in [-0.25, -0.2) is 0 Å². The normalized spacial score (nSPS) is 14.1. The van der Waals surface area contributed by atoms with Crippen molar-refractivity contribution < 1.29 is 9.59 Å². The Morgan fingerprint density at radius 3 is 2.81 bits per heavy atom. The first-order chi connectivity index (χ1) is 9.95. The van der Waals surface area contributed by atoms with Gasteiger partial charge in [0.25, 0.3) is 5.91 Å². The molecule has 0 aliphatic carbocycles. The number of amidine groups is 1. The zero-order valence-electron chi connectivity index (χ0n) is 11.7. The summed E-state index contributed by atoms with van der Waals surface area (Å²) < 4.78 is 0. The Labute approximate surface area is 126 Å². The predicted octanol–water partition coefficient (Wildman–Crippen LogP) is 2.84. The zero-order chi connectivity index (χ0) is 15.4. The molecule has 1 aliphatic rings. The lowest BCUT2D eigenvalue weighted by atomic mass is 10.1. The van der Waals surface area contributed by atoms with E-state index in [0.717, 1.165) is 28.6 Å². The van der Waals surface area contributed by atoms with E-state index in [1.165, 1.54) is 0 Å². The van der Waals surface area contributed by atoms with Crippen LogP contribution in [0.3, 0.4) is 0 Å². The van der Waals surface area contributed by atoms with E-state index < -0.39 is 5.91 Å². The van der Waals surface area contributed by atoms with E-state index in [-0.39, 0.29) is 22.5 Å². The molecule has 1 aliphatic heterocycles. The number of azo groups is 1. The van der Waals surface area contributed by atoms with Gasteiger partial charge >= 0.3 is 0 Å². The van der Waals surface area contributed by atoms with Crippen LogP contribution in [-0.4, -0.2) is 22.7 Å². The molecule has 2 amide bonds. The summed E-state index contributed by atoms with van der Waals surface area (Å²) in [4.78, 5) is 26.8. The van der Waals surface area contributed by atoms with E-state index in [9.17, 15) is 9.59 Å². The average molecular weight is 302 g/mol. The topological polar surface area (TPSA) is 83.2 Å². The van der Waals surface area contributed by atoms with Crippen molar-refractivity contribution in [2.75, 3.05) is 11.1 Å². The second kappa shape index (κ2) is 6.45. The summed E-state index contributed by atoms with van der Waals surface area (Å²) in [6, 6.07) is 5.83. The maximum atomic E-state index is 11.9. The van der Waals surface area contributed by atoms with E-state index in [1.54, 1.807) is 0 Å². The molecule has 7 heteroatoms. The molecule has 2 rings (SSSR count). The minimum atomic E-state index is -0.526. The number of aliphatic imine (C=N–C) groups is 1. The van der Waals surface area contributed by atoms with Crippen molar-refractivity contribution in [3.8, 4) is 0 Å². The van der Waals surface area contributed by atoms with Crippen LogP contribution in [-0.2, 0) is 9.59 Å². The monoisotopic (exact) mass is 302 g/mol.